The number of sulfonamides is 1. The van der Waals surface area contributed by atoms with Crippen LogP contribution in [0.3, 0.4) is 0 Å². The van der Waals surface area contributed by atoms with Crippen molar-refractivity contribution in [1.29, 1.82) is 0 Å². The number of rotatable bonds is 11. The van der Waals surface area contributed by atoms with Crippen LogP contribution in [0.1, 0.15) is 29.8 Å². The molecular weight excluding hydrogens is 456 g/mol. The second-order valence-electron chi connectivity index (χ2n) is 7.19. The van der Waals surface area contributed by atoms with Crippen LogP contribution in [0, 0.1) is 0 Å². The molecule has 0 saturated heterocycles. The molecule has 0 atom stereocenters. The summed E-state index contributed by atoms with van der Waals surface area (Å²) in [6.45, 7) is 5.09. The first-order valence-corrected chi connectivity index (χ1v) is 12.3. The van der Waals surface area contributed by atoms with Gasteiger partial charge in [-0.1, -0.05) is 6.07 Å². The maximum absolute atomic E-state index is 12.7. The average molecular weight is 485 g/mol. The molecule has 0 heterocycles. The molecule has 34 heavy (non-hydrogen) atoms. The minimum atomic E-state index is -3.80. The summed E-state index contributed by atoms with van der Waals surface area (Å²) in [5, 5.41) is 2.82. The van der Waals surface area contributed by atoms with Crippen molar-refractivity contribution in [3.8, 4) is 17.2 Å². The van der Waals surface area contributed by atoms with E-state index in [9.17, 15) is 13.2 Å². The Bertz CT molecular complexity index is 1210. The SMILES string of the molecule is CCOc1ccc(NS(=O)(=O)c2ccc(C(=O)NCc3ccc(OCC)c(OC)c3)cc2)cc1. The molecule has 3 aromatic carbocycles. The topological polar surface area (TPSA) is 103 Å². The van der Waals surface area contributed by atoms with E-state index in [0.717, 1.165) is 5.56 Å². The van der Waals surface area contributed by atoms with Crippen LogP contribution < -0.4 is 24.2 Å². The minimum absolute atomic E-state index is 0.0502. The summed E-state index contributed by atoms with van der Waals surface area (Å²) in [6, 6.07) is 17.8. The maximum atomic E-state index is 12.7. The number of ether oxygens (including phenoxy) is 3. The zero-order chi connectivity index (χ0) is 24.6. The summed E-state index contributed by atoms with van der Waals surface area (Å²) in [6.07, 6.45) is 0. The fourth-order valence-corrected chi connectivity index (χ4v) is 4.23. The van der Waals surface area contributed by atoms with Crippen LogP contribution in [0.2, 0.25) is 0 Å². The Balaban J connectivity index is 1.62. The average Bonchev–Trinajstić information content (AvgIpc) is 2.84. The second-order valence-corrected chi connectivity index (χ2v) is 8.87. The molecule has 0 aliphatic rings. The lowest BCUT2D eigenvalue weighted by atomic mass is 10.1. The van der Waals surface area contributed by atoms with E-state index in [1.165, 1.54) is 24.3 Å². The van der Waals surface area contributed by atoms with Crippen molar-refractivity contribution in [2.45, 2.75) is 25.3 Å². The highest BCUT2D eigenvalue weighted by molar-refractivity contribution is 7.92. The van der Waals surface area contributed by atoms with Crippen molar-refractivity contribution >= 4 is 21.6 Å². The number of benzene rings is 3. The third-order valence-corrected chi connectivity index (χ3v) is 6.22. The van der Waals surface area contributed by atoms with Crippen molar-refractivity contribution in [2.75, 3.05) is 25.0 Å². The van der Waals surface area contributed by atoms with Gasteiger partial charge in [-0.3, -0.25) is 9.52 Å². The molecule has 8 nitrogen and oxygen atoms in total. The molecule has 0 radical (unpaired) electrons. The zero-order valence-electron chi connectivity index (χ0n) is 19.3. The minimum Gasteiger partial charge on any atom is -0.494 e. The van der Waals surface area contributed by atoms with Crippen LogP contribution >= 0.6 is 0 Å². The molecule has 0 fully saturated rings. The first-order chi connectivity index (χ1) is 16.4. The summed E-state index contributed by atoms with van der Waals surface area (Å²) in [7, 11) is -2.24. The molecule has 3 aromatic rings. The Labute approximate surface area is 199 Å². The van der Waals surface area contributed by atoms with Gasteiger partial charge in [-0.15, -0.1) is 0 Å². The van der Waals surface area contributed by atoms with E-state index < -0.39 is 10.0 Å². The molecular formula is C25H28N2O6S. The van der Waals surface area contributed by atoms with E-state index in [1.54, 1.807) is 43.5 Å². The van der Waals surface area contributed by atoms with Crippen molar-refractivity contribution in [2.24, 2.45) is 0 Å². The number of carbonyl (C=O) groups excluding carboxylic acids is 1. The summed E-state index contributed by atoms with van der Waals surface area (Å²) >= 11 is 0. The van der Waals surface area contributed by atoms with Gasteiger partial charge in [0.15, 0.2) is 11.5 Å². The number of hydrogen-bond donors (Lipinski definition) is 2. The van der Waals surface area contributed by atoms with Crippen molar-refractivity contribution < 1.29 is 27.4 Å². The third kappa shape index (κ3) is 6.41. The summed E-state index contributed by atoms with van der Waals surface area (Å²) < 4.78 is 44.0. The van der Waals surface area contributed by atoms with Crippen LogP contribution in [0.4, 0.5) is 5.69 Å². The van der Waals surface area contributed by atoms with Gasteiger partial charge in [0.05, 0.1) is 25.2 Å². The van der Waals surface area contributed by atoms with Gasteiger partial charge in [0.2, 0.25) is 0 Å². The highest BCUT2D eigenvalue weighted by Crippen LogP contribution is 2.28. The smallest absolute Gasteiger partial charge is 0.261 e. The standard InChI is InChI=1S/C25H28N2O6S/c1-4-32-21-11-9-20(10-12-21)27-34(29,30)22-13-7-19(8-14-22)25(28)26-17-18-6-15-23(33-5-2)24(16-18)31-3/h6-16,27H,4-5,17H2,1-3H3,(H,26,28). The fourth-order valence-electron chi connectivity index (χ4n) is 3.17. The van der Waals surface area contributed by atoms with Crippen molar-refractivity contribution in [1.82, 2.24) is 5.32 Å². The number of amides is 1. The first kappa shape index (κ1) is 24.9. The van der Waals surface area contributed by atoms with Gasteiger partial charge in [0, 0.05) is 17.8 Å². The molecule has 9 heteroatoms. The molecule has 0 aliphatic heterocycles. The normalized spacial score (nSPS) is 10.9. The molecule has 0 unspecified atom stereocenters. The predicted molar refractivity (Wildman–Crippen MR) is 130 cm³/mol. The van der Waals surface area contributed by atoms with E-state index in [-0.39, 0.29) is 17.3 Å². The first-order valence-electron chi connectivity index (χ1n) is 10.8. The Morgan fingerprint density at radius 1 is 0.853 bits per heavy atom. The highest BCUT2D eigenvalue weighted by Gasteiger charge is 2.16. The lowest BCUT2D eigenvalue weighted by Crippen LogP contribution is -2.23. The molecule has 0 bridgehead atoms. The van der Waals surface area contributed by atoms with Crippen LogP contribution in [-0.4, -0.2) is 34.6 Å². The van der Waals surface area contributed by atoms with Gasteiger partial charge in [-0.05, 0) is 80.1 Å². The number of carbonyl (C=O) groups is 1. The number of anilines is 1. The Hall–Kier alpha value is -3.72. The molecule has 0 spiro atoms. The Kier molecular flexibility index (Phi) is 8.37. The van der Waals surface area contributed by atoms with Crippen LogP contribution in [0.15, 0.2) is 71.6 Å². The highest BCUT2D eigenvalue weighted by atomic mass is 32.2. The fraction of sp³-hybridized carbons (Fsp3) is 0.240. The van der Waals surface area contributed by atoms with E-state index >= 15 is 0 Å². The molecule has 2 N–H and O–H groups in total. The van der Waals surface area contributed by atoms with E-state index in [0.29, 0.717) is 41.7 Å². The third-order valence-electron chi connectivity index (χ3n) is 4.83. The van der Waals surface area contributed by atoms with Gasteiger partial charge in [0.1, 0.15) is 5.75 Å². The van der Waals surface area contributed by atoms with Gasteiger partial charge in [-0.2, -0.15) is 0 Å². The molecule has 0 saturated carbocycles. The van der Waals surface area contributed by atoms with Crippen molar-refractivity contribution in [3.05, 3.63) is 77.9 Å². The summed E-state index contributed by atoms with van der Waals surface area (Å²) in [4.78, 5) is 12.6. The Morgan fingerprint density at radius 3 is 2.15 bits per heavy atom. The maximum Gasteiger partial charge on any atom is 0.261 e. The largest absolute Gasteiger partial charge is 0.494 e. The van der Waals surface area contributed by atoms with Gasteiger partial charge < -0.3 is 19.5 Å². The summed E-state index contributed by atoms with van der Waals surface area (Å²) in [5.74, 6) is 1.56. The molecule has 180 valence electrons. The van der Waals surface area contributed by atoms with E-state index in [2.05, 4.69) is 10.0 Å². The second kappa shape index (κ2) is 11.4. The van der Waals surface area contributed by atoms with Gasteiger partial charge in [0.25, 0.3) is 15.9 Å². The molecule has 0 aliphatic carbocycles. The lowest BCUT2D eigenvalue weighted by Gasteiger charge is -2.12. The zero-order valence-corrected chi connectivity index (χ0v) is 20.1. The molecule has 1 amide bonds. The van der Waals surface area contributed by atoms with E-state index in [4.69, 9.17) is 14.2 Å². The lowest BCUT2D eigenvalue weighted by molar-refractivity contribution is 0.0950. The Morgan fingerprint density at radius 2 is 1.53 bits per heavy atom. The van der Waals surface area contributed by atoms with Crippen LogP contribution in [-0.2, 0) is 16.6 Å². The van der Waals surface area contributed by atoms with Crippen LogP contribution in [0.25, 0.3) is 0 Å². The quantitative estimate of drug-likeness (QED) is 0.422. The number of nitrogens with one attached hydrogen (secondary N) is 2. The molecule has 3 rings (SSSR count). The number of methoxy groups -OCH3 is 1. The monoisotopic (exact) mass is 484 g/mol. The van der Waals surface area contributed by atoms with Crippen LogP contribution in [0.5, 0.6) is 17.2 Å². The van der Waals surface area contributed by atoms with Gasteiger partial charge in [-0.25, -0.2) is 8.42 Å². The number of hydrogen-bond acceptors (Lipinski definition) is 6. The van der Waals surface area contributed by atoms with E-state index in [1.807, 2.05) is 19.9 Å². The van der Waals surface area contributed by atoms with Gasteiger partial charge >= 0.3 is 0 Å². The van der Waals surface area contributed by atoms with Crippen molar-refractivity contribution in [3.63, 3.8) is 0 Å². The molecule has 0 aromatic heterocycles. The summed E-state index contributed by atoms with van der Waals surface area (Å²) in [5.41, 5.74) is 1.60. The predicted octanol–water partition coefficient (Wildman–Crippen LogP) is 4.22.